The summed E-state index contributed by atoms with van der Waals surface area (Å²) < 4.78 is 26.3. The highest BCUT2D eigenvalue weighted by molar-refractivity contribution is 9.10. The molecule has 4 aromatic rings. The van der Waals surface area contributed by atoms with Crippen LogP contribution in [0.1, 0.15) is 29.0 Å². The van der Waals surface area contributed by atoms with Gasteiger partial charge in [-0.1, -0.05) is 94.8 Å². The summed E-state index contributed by atoms with van der Waals surface area (Å²) >= 11 is 4.75. The minimum atomic E-state index is -0.954. The number of thioether (sulfide) groups is 1. The van der Waals surface area contributed by atoms with Crippen LogP contribution in [0.15, 0.2) is 112 Å². The van der Waals surface area contributed by atoms with Crippen LogP contribution in [0.25, 0.3) is 0 Å². The van der Waals surface area contributed by atoms with Gasteiger partial charge in [0, 0.05) is 39.8 Å². The van der Waals surface area contributed by atoms with E-state index in [-0.39, 0.29) is 23.9 Å². The third-order valence-electron chi connectivity index (χ3n) is 7.85. The van der Waals surface area contributed by atoms with Crippen molar-refractivity contribution in [2.75, 3.05) is 31.3 Å². The number of para-hydroxylation sites is 1. The van der Waals surface area contributed by atoms with E-state index in [9.17, 15) is 14.0 Å². The molecule has 7 nitrogen and oxygen atoms in total. The highest BCUT2D eigenvalue weighted by Gasteiger charge is 2.33. The van der Waals surface area contributed by atoms with Gasteiger partial charge in [-0.05, 0) is 53.8 Å². The van der Waals surface area contributed by atoms with Crippen molar-refractivity contribution >= 4 is 45.4 Å². The normalized spacial score (nSPS) is 16.9. The highest BCUT2D eigenvalue weighted by Crippen LogP contribution is 2.30. The molecule has 1 heterocycles. The van der Waals surface area contributed by atoms with Crippen LogP contribution < -0.4 is 16.0 Å². The fraction of sp³-hybridized carbons (Fsp3) is 0.278. The van der Waals surface area contributed by atoms with Crippen molar-refractivity contribution in [3.05, 3.63) is 130 Å². The van der Waals surface area contributed by atoms with Crippen molar-refractivity contribution in [3.63, 3.8) is 0 Å². The quantitative estimate of drug-likeness (QED) is 0.136. The largest absolute Gasteiger partial charge is 0.453 e. The maximum Gasteiger partial charge on any atom is 0.407 e. The number of carbonyl (C=O) groups excluding carboxylic acids is 2. The van der Waals surface area contributed by atoms with Crippen LogP contribution in [0.4, 0.5) is 14.9 Å². The average Bonchev–Trinajstić information content (AvgIpc) is 3.08. The number of aryl methyl sites for hydroxylation is 1. The van der Waals surface area contributed by atoms with Gasteiger partial charge in [0.2, 0.25) is 5.91 Å². The summed E-state index contributed by atoms with van der Waals surface area (Å²) in [7, 11) is 1.28. The Bertz CT molecular complexity index is 1560. The third-order valence-corrected chi connectivity index (χ3v) is 9.52. The van der Waals surface area contributed by atoms with E-state index in [1.807, 2.05) is 91.0 Å². The molecule has 0 radical (unpaired) electrons. The summed E-state index contributed by atoms with van der Waals surface area (Å²) in [6.07, 6.45) is 0.614. The van der Waals surface area contributed by atoms with E-state index in [0.29, 0.717) is 40.3 Å². The number of nitrogens with one attached hydrogen (secondary N) is 3. The number of hydrogen-bond acceptors (Lipinski definition) is 6. The lowest BCUT2D eigenvalue weighted by Gasteiger charge is -2.31. The molecule has 0 aliphatic carbocycles. The first-order chi connectivity index (χ1) is 22.4. The first kappa shape index (κ1) is 33.7. The van der Waals surface area contributed by atoms with Crippen molar-refractivity contribution < 1.29 is 23.5 Å². The van der Waals surface area contributed by atoms with Gasteiger partial charge in [-0.3, -0.25) is 4.79 Å². The fourth-order valence-electron chi connectivity index (χ4n) is 5.59. The molecule has 1 saturated heterocycles. The zero-order valence-corrected chi connectivity index (χ0v) is 27.9. The van der Waals surface area contributed by atoms with Crippen LogP contribution in [-0.4, -0.2) is 56.2 Å². The van der Waals surface area contributed by atoms with E-state index in [4.69, 9.17) is 9.47 Å². The monoisotopic (exact) mass is 705 g/mol. The van der Waals surface area contributed by atoms with Crippen molar-refractivity contribution in [2.24, 2.45) is 0 Å². The smallest absolute Gasteiger partial charge is 0.407 e. The summed E-state index contributed by atoms with van der Waals surface area (Å²) in [6, 6.07) is 31.1. The maximum atomic E-state index is 14.3. The SMILES string of the molecule is COC(=O)NC(C(=O)Nc1ccccc1CC[C@@H]1CNC[C@@H](CSc2ccc(Br)cc2F)O1)C(c1ccccc1)c1ccccc1. The molecule has 3 atom stereocenters. The molecular formula is C36H37BrFN3O4S. The third kappa shape index (κ3) is 9.19. The second-order valence-corrected chi connectivity index (χ2v) is 13.0. The van der Waals surface area contributed by atoms with E-state index in [0.717, 1.165) is 23.1 Å². The molecular weight excluding hydrogens is 669 g/mol. The second-order valence-electron chi connectivity index (χ2n) is 11.0. The molecule has 0 aromatic heterocycles. The van der Waals surface area contributed by atoms with Gasteiger partial charge < -0.3 is 25.4 Å². The molecule has 0 bridgehead atoms. The minimum Gasteiger partial charge on any atom is -0.453 e. The number of anilines is 1. The lowest BCUT2D eigenvalue weighted by Crippen LogP contribution is -2.48. The van der Waals surface area contributed by atoms with E-state index in [2.05, 4.69) is 31.9 Å². The zero-order chi connectivity index (χ0) is 32.3. The minimum absolute atomic E-state index is 0.0350. The van der Waals surface area contributed by atoms with E-state index < -0.39 is 18.1 Å². The number of benzene rings is 4. The van der Waals surface area contributed by atoms with E-state index >= 15 is 0 Å². The molecule has 46 heavy (non-hydrogen) atoms. The molecule has 240 valence electrons. The number of carbonyl (C=O) groups is 2. The Hall–Kier alpha value is -3.70. The molecule has 2 amide bonds. The fourth-order valence-corrected chi connectivity index (χ4v) is 6.84. The van der Waals surface area contributed by atoms with Crippen LogP contribution in [-0.2, 0) is 20.7 Å². The average molecular weight is 707 g/mol. The lowest BCUT2D eigenvalue weighted by atomic mass is 9.84. The molecule has 3 N–H and O–H groups in total. The van der Waals surface area contributed by atoms with Crippen LogP contribution in [0.3, 0.4) is 0 Å². The maximum absolute atomic E-state index is 14.3. The molecule has 10 heteroatoms. The van der Waals surface area contributed by atoms with Gasteiger partial charge in [-0.15, -0.1) is 11.8 Å². The number of methoxy groups -OCH3 is 1. The molecule has 4 aromatic carbocycles. The highest BCUT2D eigenvalue weighted by atomic mass is 79.9. The number of morpholine rings is 1. The molecule has 1 unspecified atom stereocenters. The van der Waals surface area contributed by atoms with Gasteiger partial charge in [-0.25, -0.2) is 9.18 Å². The number of hydrogen-bond donors (Lipinski definition) is 3. The summed E-state index contributed by atoms with van der Waals surface area (Å²) in [5.41, 5.74) is 3.40. The molecule has 1 fully saturated rings. The Morgan fingerprint density at radius 1 is 0.957 bits per heavy atom. The van der Waals surface area contributed by atoms with Crippen molar-refractivity contribution in [1.82, 2.24) is 10.6 Å². The summed E-state index contributed by atoms with van der Waals surface area (Å²) in [5, 5.41) is 9.34. The molecule has 5 rings (SSSR count). The Labute approximate surface area is 281 Å². The Balaban J connectivity index is 1.27. The van der Waals surface area contributed by atoms with Gasteiger partial charge >= 0.3 is 6.09 Å². The number of alkyl carbamates (subject to hydrolysis) is 1. The molecule has 0 spiro atoms. The molecule has 1 aliphatic rings. The van der Waals surface area contributed by atoms with Crippen molar-refractivity contribution in [2.45, 2.75) is 41.9 Å². The predicted molar refractivity (Wildman–Crippen MR) is 184 cm³/mol. The number of rotatable bonds is 12. The first-order valence-corrected chi connectivity index (χ1v) is 17.0. The number of halogens is 2. The lowest BCUT2D eigenvalue weighted by molar-refractivity contribution is -0.118. The van der Waals surface area contributed by atoms with Crippen LogP contribution in [0, 0.1) is 5.82 Å². The van der Waals surface area contributed by atoms with Crippen LogP contribution in [0.5, 0.6) is 0 Å². The van der Waals surface area contributed by atoms with Crippen LogP contribution >= 0.6 is 27.7 Å². The number of amides is 2. The topological polar surface area (TPSA) is 88.7 Å². The van der Waals surface area contributed by atoms with Gasteiger partial charge in [0.25, 0.3) is 0 Å². The van der Waals surface area contributed by atoms with Gasteiger partial charge in [0.05, 0.1) is 19.3 Å². The second kappa shape index (κ2) is 16.7. The molecule has 0 saturated carbocycles. The van der Waals surface area contributed by atoms with Gasteiger partial charge in [0.15, 0.2) is 0 Å². The van der Waals surface area contributed by atoms with Gasteiger partial charge in [0.1, 0.15) is 11.9 Å². The Morgan fingerprint density at radius 2 is 1.61 bits per heavy atom. The zero-order valence-electron chi connectivity index (χ0n) is 25.5. The summed E-state index contributed by atoms with van der Waals surface area (Å²) in [6.45, 7) is 1.41. The van der Waals surface area contributed by atoms with Crippen molar-refractivity contribution in [1.29, 1.82) is 0 Å². The Morgan fingerprint density at radius 3 is 2.28 bits per heavy atom. The van der Waals surface area contributed by atoms with Crippen LogP contribution in [0.2, 0.25) is 0 Å². The predicted octanol–water partition coefficient (Wildman–Crippen LogP) is 7.17. The standard InChI is InChI=1S/C36H37BrFN3O4S/c1-44-36(43)41-34(33(25-11-4-2-5-12-25)26-13-6-3-7-14-26)35(42)40-31-15-9-8-10-24(31)16-18-28-21-39-22-29(45-28)23-46-32-19-17-27(37)20-30(32)38/h2-15,17,19-20,28-29,33-34,39H,16,18,21-23H2,1H3,(H,40,42)(H,41,43)/t28-,29+,34?/m1/s1. The summed E-state index contributed by atoms with van der Waals surface area (Å²) in [4.78, 5) is 27.2. The van der Waals surface area contributed by atoms with E-state index in [1.54, 1.807) is 6.07 Å². The van der Waals surface area contributed by atoms with Gasteiger partial charge in [-0.2, -0.15) is 0 Å². The molecule has 1 aliphatic heterocycles. The van der Waals surface area contributed by atoms with Crippen molar-refractivity contribution in [3.8, 4) is 0 Å². The first-order valence-electron chi connectivity index (χ1n) is 15.2. The Kier molecular flexibility index (Phi) is 12.2. The summed E-state index contributed by atoms with van der Waals surface area (Å²) in [5.74, 6) is -0.437. The number of ether oxygens (including phenoxy) is 2. The van der Waals surface area contributed by atoms with E-state index in [1.165, 1.54) is 24.9 Å².